The lowest BCUT2D eigenvalue weighted by Gasteiger charge is -2.16. The molecular formula is C23H25ClN4O3S. The van der Waals surface area contributed by atoms with E-state index in [-0.39, 0.29) is 24.3 Å². The molecule has 9 heteroatoms. The number of aryl methyl sites for hydroxylation is 1. The average molecular weight is 473 g/mol. The summed E-state index contributed by atoms with van der Waals surface area (Å²) < 4.78 is 7.04. The van der Waals surface area contributed by atoms with Crippen LogP contribution in [0.2, 0.25) is 5.02 Å². The van der Waals surface area contributed by atoms with Crippen LogP contribution in [0, 0.1) is 6.92 Å². The number of hydrogen-bond acceptors (Lipinski definition) is 6. The van der Waals surface area contributed by atoms with E-state index in [4.69, 9.17) is 16.3 Å². The zero-order chi connectivity index (χ0) is 23.1. The zero-order valence-electron chi connectivity index (χ0n) is 18.2. The van der Waals surface area contributed by atoms with Crippen LogP contribution in [0.5, 0.6) is 0 Å². The minimum atomic E-state index is -0.493. The summed E-state index contributed by atoms with van der Waals surface area (Å²) >= 11 is 7.17. The average Bonchev–Trinajstić information content (AvgIpc) is 3.20. The van der Waals surface area contributed by atoms with Crippen molar-refractivity contribution in [2.75, 3.05) is 12.4 Å². The molecule has 7 nitrogen and oxygen atoms in total. The van der Waals surface area contributed by atoms with Crippen LogP contribution < -0.4 is 5.32 Å². The van der Waals surface area contributed by atoms with Crippen molar-refractivity contribution in [2.24, 2.45) is 0 Å². The molecule has 0 fully saturated rings. The Labute approximate surface area is 196 Å². The van der Waals surface area contributed by atoms with Gasteiger partial charge >= 0.3 is 5.97 Å². The van der Waals surface area contributed by atoms with Gasteiger partial charge in [-0.15, -0.1) is 10.2 Å². The normalized spacial score (nSPS) is 11.8. The van der Waals surface area contributed by atoms with Crippen molar-refractivity contribution in [3.05, 3.63) is 64.7 Å². The molecule has 0 bridgehead atoms. The Hall–Kier alpha value is -2.84. The molecule has 2 aromatic carbocycles. The molecule has 1 atom stereocenters. The molecule has 0 aliphatic carbocycles. The molecule has 0 radical (unpaired) electrons. The fourth-order valence-electron chi connectivity index (χ4n) is 3.24. The largest absolute Gasteiger partial charge is 0.455 e. The highest BCUT2D eigenvalue weighted by Gasteiger charge is 2.17. The smallest absolute Gasteiger partial charge is 0.316 e. The molecule has 0 saturated carbocycles. The number of amides is 1. The van der Waals surface area contributed by atoms with Crippen LogP contribution in [0.1, 0.15) is 31.0 Å². The van der Waals surface area contributed by atoms with E-state index >= 15 is 0 Å². The maximum absolute atomic E-state index is 12.2. The third-order valence-electron chi connectivity index (χ3n) is 4.85. The number of rotatable bonds is 9. The first-order valence-corrected chi connectivity index (χ1v) is 11.6. The van der Waals surface area contributed by atoms with Crippen LogP contribution in [-0.2, 0) is 20.9 Å². The van der Waals surface area contributed by atoms with Gasteiger partial charge in [0.1, 0.15) is 0 Å². The van der Waals surface area contributed by atoms with Crippen molar-refractivity contribution in [1.29, 1.82) is 0 Å². The molecule has 1 amide bonds. The molecule has 32 heavy (non-hydrogen) atoms. The van der Waals surface area contributed by atoms with Crippen LogP contribution in [0.3, 0.4) is 0 Å². The molecule has 0 aliphatic rings. The maximum Gasteiger partial charge on any atom is 0.316 e. The number of ether oxygens (including phenoxy) is 1. The summed E-state index contributed by atoms with van der Waals surface area (Å²) in [5, 5.41) is 12.5. The lowest BCUT2D eigenvalue weighted by Crippen LogP contribution is -2.31. The zero-order valence-corrected chi connectivity index (χ0v) is 19.7. The van der Waals surface area contributed by atoms with E-state index < -0.39 is 5.97 Å². The highest BCUT2D eigenvalue weighted by atomic mass is 35.5. The monoisotopic (exact) mass is 472 g/mol. The number of halogens is 1. The first-order valence-electron chi connectivity index (χ1n) is 10.2. The number of carbonyl (C=O) groups excluding carboxylic acids is 2. The molecule has 0 aliphatic heterocycles. The van der Waals surface area contributed by atoms with E-state index in [1.165, 1.54) is 11.8 Å². The van der Waals surface area contributed by atoms with Crippen LogP contribution in [0.25, 0.3) is 11.4 Å². The Morgan fingerprint density at radius 1 is 1.16 bits per heavy atom. The van der Waals surface area contributed by atoms with Gasteiger partial charge in [-0.05, 0) is 56.2 Å². The Balaban J connectivity index is 1.50. The fourth-order valence-corrected chi connectivity index (χ4v) is 4.16. The van der Waals surface area contributed by atoms with Crippen LogP contribution in [-0.4, -0.2) is 39.0 Å². The number of esters is 1. The highest BCUT2D eigenvalue weighted by molar-refractivity contribution is 7.99. The third kappa shape index (κ3) is 6.11. The van der Waals surface area contributed by atoms with Gasteiger partial charge in [0, 0.05) is 17.1 Å². The molecule has 0 spiro atoms. The first-order chi connectivity index (χ1) is 15.4. The van der Waals surface area contributed by atoms with Crippen molar-refractivity contribution in [3.63, 3.8) is 0 Å². The van der Waals surface area contributed by atoms with Crippen LogP contribution in [0.15, 0.2) is 53.7 Å². The van der Waals surface area contributed by atoms with E-state index in [2.05, 4.69) is 15.5 Å². The van der Waals surface area contributed by atoms with Gasteiger partial charge in [0.15, 0.2) is 17.6 Å². The first kappa shape index (κ1) is 23.8. The second-order valence-electron chi connectivity index (χ2n) is 7.15. The third-order valence-corrected chi connectivity index (χ3v) is 6.04. The minimum absolute atomic E-state index is 0.0272. The van der Waals surface area contributed by atoms with E-state index in [1.54, 1.807) is 12.1 Å². The second-order valence-corrected chi connectivity index (χ2v) is 8.53. The van der Waals surface area contributed by atoms with Gasteiger partial charge in [-0.3, -0.25) is 9.59 Å². The summed E-state index contributed by atoms with van der Waals surface area (Å²) in [4.78, 5) is 24.3. The van der Waals surface area contributed by atoms with E-state index in [1.807, 2.05) is 61.7 Å². The lowest BCUT2D eigenvalue weighted by atomic mass is 10.0. The van der Waals surface area contributed by atoms with Crippen molar-refractivity contribution in [3.8, 4) is 11.4 Å². The number of hydrogen-bond donors (Lipinski definition) is 1. The Morgan fingerprint density at radius 2 is 1.88 bits per heavy atom. The number of nitrogens with zero attached hydrogens (tertiary/aromatic N) is 3. The van der Waals surface area contributed by atoms with Gasteiger partial charge < -0.3 is 14.6 Å². The van der Waals surface area contributed by atoms with Gasteiger partial charge in [-0.25, -0.2) is 0 Å². The molecule has 1 aromatic heterocycles. The molecule has 1 unspecified atom stereocenters. The number of benzene rings is 2. The fraction of sp³-hybridized carbons (Fsp3) is 0.304. The second kappa shape index (κ2) is 11.2. The molecule has 3 aromatic rings. The van der Waals surface area contributed by atoms with E-state index in [0.29, 0.717) is 22.5 Å². The topological polar surface area (TPSA) is 86.1 Å². The SMILES string of the molecule is CCn1c(SCC(=O)OCC(=O)NC(C)c2ccccc2C)nnc1-c1ccc(Cl)cc1. The summed E-state index contributed by atoms with van der Waals surface area (Å²) in [5.74, 6) is -0.114. The standard InChI is InChI=1S/C23H25ClN4O3S/c1-4-28-22(17-9-11-18(24)12-10-17)26-27-23(28)32-14-21(30)31-13-20(29)25-16(3)19-8-6-5-7-15(19)2/h5-12,16H,4,13-14H2,1-3H3,(H,25,29). The summed E-state index contributed by atoms with van der Waals surface area (Å²) in [7, 11) is 0. The van der Waals surface area contributed by atoms with Crippen molar-refractivity contribution in [2.45, 2.75) is 38.5 Å². The molecule has 1 heterocycles. The van der Waals surface area contributed by atoms with Crippen molar-refractivity contribution in [1.82, 2.24) is 20.1 Å². The maximum atomic E-state index is 12.2. The molecular weight excluding hydrogens is 448 g/mol. The minimum Gasteiger partial charge on any atom is -0.455 e. The van der Waals surface area contributed by atoms with Gasteiger partial charge in [-0.2, -0.15) is 0 Å². The summed E-state index contributed by atoms with van der Waals surface area (Å²) in [6.45, 7) is 6.18. The van der Waals surface area contributed by atoms with Gasteiger partial charge in [0.05, 0.1) is 11.8 Å². The number of nitrogens with one attached hydrogen (secondary N) is 1. The molecule has 1 N–H and O–H groups in total. The van der Waals surface area contributed by atoms with Gasteiger partial charge in [0.25, 0.3) is 5.91 Å². The molecule has 3 rings (SSSR count). The van der Waals surface area contributed by atoms with Crippen LogP contribution in [0.4, 0.5) is 0 Å². The summed E-state index contributed by atoms with van der Waals surface area (Å²) in [5.41, 5.74) is 3.00. The molecule has 0 saturated heterocycles. The Morgan fingerprint density at radius 3 is 2.56 bits per heavy atom. The van der Waals surface area contributed by atoms with Crippen molar-refractivity contribution < 1.29 is 14.3 Å². The quantitative estimate of drug-likeness (QED) is 0.366. The summed E-state index contributed by atoms with van der Waals surface area (Å²) in [6, 6.07) is 15.0. The number of carbonyl (C=O) groups is 2. The van der Waals surface area contributed by atoms with E-state index in [0.717, 1.165) is 16.7 Å². The Bertz CT molecular complexity index is 1090. The Kier molecular flexibility index (Phi) is 8.30. The predicted molar refractivity (Wildman–Crippen MR) is 126 cm³/mol. The number of aromatic nitrogens is 3. The molecule has 168 valence electrons. The highest BCUT2D eigenvalue weighted by Crippen LogP contribution is 2.25. The lowest BCUT2D eigenvalue weighted by molar-refractivity contribution is -0.146. The van der Waals surface area contributed by atoms with Crippen LogP contribution >= 0.6 is 23.4 Å². The predicted octanol–water partition coefficient (Wildman–Crippen LogP) is 4.44. The number of thioether (sulfide) groups is 1. The van der Waals surface area contributed by atoms with E-state index in [9.17, 15) is 9.59 Å². The summed E-state index contributed by atoms with van der Waals surface area (Å²) in [6.07, 6.45) is 0. The van der Waals surface area contributed by atoms with Gasteiger partial charge in [-0.1, -0.05) is 47.6 Å². The van der Waals surface area contributed by atoms with Crippen molar-refractivity contribution >= 4 is 35.2 Å². The van der Waals surface area contributed by atoms with Gasteiger partial charge in [0.2, 0.25) is 0 Å².